The Morgan fingerprint density at radius 3 is 2.82 bits per heavy atom. The smallest absolute Gasteiger partial charge is 0.134 e. The maximum Gasteiger partial charge on any atom is 0.134 e. The molecular weight excluding hydrogens is 370 g/mol. The van der Waals surface area contributed by atoms with Crippen LogP contribution in [0, 0.1) is 11.8 Å². The molecule has 0 aliphatic carbocycles. The van der Waals surface area contributed by atoms with Gasteiger partial charge in [0.15, 0.2) is 0 Å². The number of aliphatic hydroxyl groups excluding tert-OH is 1. The summed E-state index contributed by atoms with van der Waals surface area (Å²) in [5, 5.41) is 15.2. The van der Waals surface area contributed by atoms with Gasteiger partial charge in [-0.05, 0) is 62.1 Å². The van der Waals surface area contributed by atoms with Gasteiger partial charge in [-0.1, -0.05) is 6.07 Å². The van der Waals surface area contributed by atoms with Gasteiger partial charge in [-0.15, -0.1) is 11.3 Å². The van der Waals surface area contributed by atoms with Crippen LogP contribution in [0.3, 0.4) is 0 Å². The van der Waals surface area contributed by atoms with E-state index in [1.165, 1.54) is 30.8 Å². The average Bonchev–Trinajstić information content (AvgIpc) is 3.26. The lowest BCUT2D eigenvalue weighted by Crippen LogP contribution is -2.37. The van der Waals surface area contributed by atoms with E-state index >= 15 is 0 Å². The zero-order valence-electron chi connectivity index (χ0n) is 16.5. The SMILES string of the molecule is OCC1CCCN(c2cc(NCC3CCN(Cc4cccs4)CC3)ncn2)C1. The first-order valence-corrected chi connectivity index (χ1v) is 11.3. The Bertz CT molecular complexity index is 717. The summed E-state index contributed by atoms with van der Waals surface area (Å²) >= 11 is 1.85. The molecule has 2 aromatic heterocycles. The molecule has 152 valence electrons. The maximum absolute atomic E-state index is 9.45. The van der Waals surface area contributed by atoms with Crippen molar-refractivity contribution in [2.45, 2.75) is 32.2 Å². The van der Waals surface area contributed by atoms with Crippen LogP contribution in [-0.2, 0) is 6.54 Å². The number of nitrogens with zero attached hydrogens (tertiary/aromatic N) is 4. The Labute approximate surface area is 171 Å². The van der Waals surface area contributed by atoms with Gasteiger partial charge in [0.05, 0.1) is 0 Å². The normalized spacial score (nSPS) is 21.8. The van der Waals surface area contributed by atoms with Gasteiger partial charge in [0.25, 0.3) is 0 Å². The van der Waals surface area contributed by atoms with Crippen LogP contribution in [0.2, 0.25) is 0 Å². The molecule has 2 aliphatic rings. The molecule has 4 rings (SSSR count). The minimum absolute atomic E-state index is 0.262. The monoisotopic (exact) mass is 401 g/mol. The predicted molar refractivity (Wildman–Crippen MR) is 115 cm³/mol. The number of nitrogens with one attached hydrogen (secondary N) is 1. The molecule has 2 fully saturated rings. The van der Waals surface area contributed by atoms with Crippen molar-refractivity contribution in [1.29, 1.82) is 0 Å². The van der Waals surface area contributed by atoms with E-state index in [-0.39, 0.29) is 6.61 Å². The van der Waals surface area contributed by atoms with Gasteiger partial charge in [-0.25, -0.2) is 9.97 Å². The molecule has 0 amide bonds. The van der Waals surface area contributed by atoms with E-state index in [0.717, 1.165) is 50.7 Å². The fourth-order valence-corrected chi connectivity index (χ4v) is 5.01. The first-order chi connectivity index (χ1) is 13.8. The summed E-state index contributed by atoms with van der Waals surface area (Å²) in [6.07, 6.45) is 6.35. The number of aromatic nitrogens is 2. The Kier molecular flexibility index (Phi) is 6.77. The van der Waals surface area contributed by atoms with Crippen LogP contribution >= 0.6 is 11.3 Å². The van der Waals surface area contributed by atoms with Crippen LogP contribution < -0.4 is 10.2 Å². The lowest BCUT2D eigenvalue weighted by Gasteiger charge is -2.33. The second kappa shape index (κ2) is 9.67. The van der Waals surface area contributed by atoms with Gasteiger partial charge in [-0.3, -0.25) is 4.90 Å². The second-order valence-corrected chi connectivity index (χ2v) is 9.11. The third kappa shape index (κ3) is 5.21. The molecule has 0 saturated carbocycles. The highest BCUT2D eigenvalue weighted by atomic mass is 32.1. The van der Waals surface area contributed by atoms with Crippen molar-refractivity contribution < 1.29 is 5.11 Å². The van der Waals surface area contributed by atoms with Crippen LogP contribution in [0.5, 0.6) is 0 Å². The average molecular weight is 402 g/mol. The lowest BCUT2D eigenvalue weighted by atomic mass is 9.97. The summed E-state index contributed by atoms with van der Waals surface area (Å²) in [5.74, 6) is 2.95. The molecule has 0 radical (unpaired) electrons. The van der Waals surface area contributed by atoms with Gasteiger partial charge in [0.2, 0.25) is 0 Å². The first-order valence-electron chi connectivity index (χ1n) is 10.5. The predicted octanol–water partition coefficient (Wildman–Crippen LogP) is 3.07. The molecule has 2 aromatic rings. The Morgan fingerprint density at radius 2 is 2.04 bits per heavy atom. The molecule has 0 spiro atoms. The Hall–Kier alpha value is -1.70. The molecule has 6 nitrogen and oxygen atoms in total. The maximum atomic E-state index is 9.45. The van der Waals surface area contributed by atoms with E-state index in [1.807, 2.05) is 11.3 Å². The van der Waals surface area contributed by atoms with Crippen molar-refractivity contribution in [3.63, 3.8) is 0 Å². The molecule has 2 N–H and O–H groups in total. The summed E-state index contributed by atoms with van der Waals surface area (Å²) in [6.45, 7) is 6.58. The zero-order chi connectivity index (χ0) is 19.2. The van der Waals surface area contributed by atoms with Crippen molar-refractivity contribution in [3.05, 3.63) is 34.8 Å². The molecule has 0 bridgehead atoms. The van der Waals surface area contributed by atoms with Gasteiger partial charge >= 0.3 is 0 Å². The molecule has 7 heteroatoms. The fourth-order valence-electron chi connectivity index (χ4n) is 4.26. The number of anilines is 2. The van der Waals surface area contributed by atoms with Gasteiger partial charge in [-0.2, -0.15) is 0 Å². The molecule has 1 atom stereocenters. The molecule has 28 heavy (non-hydrogen) atoms. The van der Waals surface area contributed by atoms with Crippen LogP contribution in [0.1, 0.15) is 30.6 Å². The number of likely N-dealkylation sites (tertiary alicyclic amines) is 1. The standard InChI is InChI=1S/C21H31N5OS/c27-15-18-3-1-7-26(13-18)21-11-20(23-16-24-21)22-12-17-5-8-25(9-6-17)14-19-4-2-10-28-19/h2,4,10-11,16-18,27H,1,3,5-9,12-15H2,(H,22,23,24). The minimum atomic E-state index is 0.262. The number of rotatable bonds is 7. The second-order valence-electron chi connectivity index (χ2n) is 8.08. The number of piperidine rings is 2. The summed E-state index contributed by atoms with van der Waals surface area (Å²) in [6, 6.07) is 6.43. The topological polar surface area (TPSA) is 64.5 Å². The summed E-state index contributed by atoms with van der Waals surface area (Å²) < 4.78 is 0. The van der Waals surface area contributed by atoms with E-state index in [9.17, 15) is 5.11 Å². The highest BCUT2D eigenvalue weighted by molar-refractivity contribution is 7.09. The summed E-state index contributed by atoms with van der Waals surface area (Å²) in [7, 11) is 0. The number of aliphatic hydroxyl groups is 1. The van der Waals surface area contributed by atoms with E-state index in [0.29, 0.717) is 11.8 Å². The largest absolute Gasteiger partial charge is 0.396 e. The molecule has 2 saturated heterocycles. The van der Waals surface area contributed by atoms with Crippen molar-refractivity contribution >= 4 is 23.0 Å². The molecule has 2 aliphatic heterocycles. The van der Waals surface area contributed by atoms with Gasteiger partial charge in [0.1, 0.15) is 18.0 Å². The van der Waals surface area contributed by atoms with E-state index < -0.39 is 0 Å². The van der Waals surface area contributed by atoms with Crippen molar-refractivity contribution in [3.8, 4) is 0 Å². The molecular formula is C21H31N5OS. The first kappa shape index (κ1) is 19.6. The third-order valence-corrected chi connectivity index (χ3v) is 6.85. The van der Waals surface area contributed by atoms with Crippen LogP contribution in [0.25, 0.3) is 0 Å². The van der Waals surface area contributed by atoms with Gasteiger partial charge < -0.3 is 15.3 Å². The highest BCUT2D eigenvalue weighted by Crippen LogP contribution is 2.24. The lowest BCUT2D eigenvalue weighted by molar-refractivity contribution is 0.184. The quantitative estimate of drug-likeness (QED) is 0.743. The molecule has 1 unspecified atom stereocenters. The summed E-state index contributed by atoms with van der Waals surface area (Å²) in [4.78, 5) is 15.2. The van der Waals surface area contributed by atoms with Crippen molar-refractivity contribution in [1.82, 2.24) is 14.9 Å². The minimum Gasteiger partial charge on any atom is -0.396 e. The van der Waals surface area contributed by atoms with Crippen LogP contribution in [-0.4, -0.2) is 59.3 Å². The van der Waals surface area contributed by atoms with Crippen molar-refractivity contribution in [2.24, 2.45) is 11.8 Å². The number of hydrogen-bond donors (Lipinski definition) is 2. The van der Waals surface area contributed by atoms with Crippen LogP contribution in [0.15, 0.2) is 29.9 Å². The highest BCUT2D eigenvalue weighted by Gasteiger charge is 2.22. The number of hydrogen-bond acceptors (Lipinski definition) is 7. The summed E-state index contributed by atoms with van der Waals surface area (Å²) in [5.41, 5.74) is 0. The fraction of sp³-hybridized carbons (Fsp3) is 0.619. The van der Waals surface area contributed by atoms with E-state index in [4.69, 9.17) is 0 Å². The van der Waals surface area contributed by atoms with E-state index in [1.54, 1.807) is 6.33 Å². The zero-order valence-corrected chi connectivity index (χ0v) is 17.3. The third-order valence-electron chi connectivity index (χ3n) is 5.99. The Morgan fingerprint density at radius 1 is 1.14 bits per heavy atom. The van der Waals surface area contributed by atoms with E-state index in [2.05, 4.69) is 48.7 Å². The molecule has 4 heterocycles. The molecule has 0 aromatic carbocycles. The van der Waals surface area contributed by atoms with Gasteiger partial charge in [0, 0.05) is 43.7 Å². The number of thiophene rings is 1. The van der Waals surface area contributed by atoms with Crippen molar-refractivity contribution in [2.75, 3.05) is 49.5 Å². The Balaban J connectivity index is 1.24. The van der Waals surface area contributed by atoms with Crippen LogP contribution in [0.4, 0.5) is 11.6 Å².